The lowest BCUT2D eigenvalue weighted by atomic mass is 10.1. The van der Waals surface area contributed by atoms with E-state index in [4.69, 9.17) is 17.0 Å². The molecule has 0 bridgehead atoms. The summed E-state index contributed by atoms with van der Waals surface area (Å²) in [4.78, 5) is 24.9. The Kier molecular flexibility index (Phi) is 8.76. The molecule has 0 spiro atoms. The molecule has 0 radical (unpaired) electrons. The van der Waals surface area contributed by atoms with Crippen LogP contribution in [0.1, 0.15) is 46.5 Å². The summed E-state index contributed by atoms with van der Waals surface area (Å²) in [6.45, 7) is 6.82. The number of rotatable bonds is 8. The third-order valence-electron chi connectivity index (χ3n) is 5.08. The van der Waals surface area contributed by atoms with Crippen LogP contribution in [-0.2, 0) is 0 Å². The fourth-order valence-electron chi connectivity index (χ4n) is 3.12. The monoisotopic (exact) mass is 475 g/mol. The maximum Gasteiger partial charge on any atom is 0.257 e. The summed E-state index contributed by atoms with van der Waals surface area (Å²) in [5.74, 6) is 0.817. The Balaban J connectivity index is 1.52. The fraction of sp³-hybridized carbons (Fsp3) is 0.222. The summed E-state index contributed by atoms with van der Waals surface area (Å²) < 4.78 is 5.69. The summed E-state index contributed by atoms with van der Waals surface area (Å²) >= 11 is 5.29. The first-order valence-electron chi connectivity index (χ1n) is 11.1. The largest absolute Gasteiger partial charge is 0.494 e. The van der Waals surface area contributed by atoms with Gasteiger partial charge in [0.1, 0.15) is 5.75 Å². The van der Waals surface area contributed by atoms with Crippen molar-refractivity contribution in [3.8, 4) is 5.75 Å². The molecule has 2 amide bonds. The van der Waals surface area contributed by atoms with Crippen LogP contribution in [0.4, 0.5) is 11.4 Å². The highest BCUT2D eigenvalue weighted by Crippen LogP contribution is 2.21. The first-order chi connectivity index (χ1) is 16.3. The number of hydrogen-bond donors (Lipinski definition) is 3. The fourth-order valence-corrected chi connectivity index (χ4v) is 3.33. The molecule has 0 atom stereocenters. The zero-order chi connectivity index (χ0) is 24.5. The van der Waals surface area contributed by atoms with Crippen molar-refractivity contribution >= 4 is 40.5 Å². The molecule has 0 saturated carbocycles. The van der Waals surface area contributed by atoms with Crippen molar-refractivity contribution in [2.45, 2.75) is 27.2 Å². The van der Waals surface area contributed by atoms with Gasteiger partial charge in [-0.15, -0.1) is 0 Å². The topological polar surface area (TPSA) is 79.5 Å². The number of aryl methyl sites for hydroxylation is 1. The number of amides is 2. The van der Waals surface area contributed by atoms with Gasteiger partial charge in [-0.05, 0) is 91.6 Å². The maximum absolute atomic E-state index is 12.5. The molecule has 0 heterocycles. The van der Waals surface area contributed by atoms with E-state index in [9.17, 15) is 9.59 Å². The molecule has 3 aromatic rings. The van der Waals surface area contributed by atoms with Crippen LogP contribution >= 0.6 is 12.2 Å². The van der Waals surface area contributed by atoms with Crippen molar-refractivity contribution in [1.82, 2.24) is 5.32 Å². The second-order valence-electron chi connectivity index (χ2n) is 8.31. The van der Waals surface area contributed by atoms with Gasteiger partial charge in [-0.25, -0.2) is 0 Å². The molecule has 3 N–H and O–H groups in total. The zero-order valence-electron chi connectivity index (χ0n) is 19.6. The van der Waals surface area contributed by atoms with Gasteiger partial charge in [-0.2, -0.15) is 0 Å². The van der Waals surface area contributed by atoms with E-state index in [1.54, 1.807) is 48.5 Å². The molecule has 34 heavy (non-hydrogen) atoms. The Labute approximate surface area is 205 Å². The highest BCUT2D eigenvalue weighted by molar-refractivity contribution is 7.80. The number of carbonyl (C=O) groups is 2. The molecule has 0 aliphatic heterocycles. The Morgan fingerprint density at radius 2 is 1.56 bits per heavy atom. The Morgan fingerprint density at radius 3 is 2.21 bits per heavy atom. The van der Waals surface area contributed by atoms with Gasteiger partial charge in [0.2, 0.25) is 0 Å². The summed E-state index contributed by atoms with van der Waals surface area (Å²) in [6.07, 6.45) is 0.974. The molecule has 7 heteroatoms. The van der Waals surface area contributed by atoms with E-state index in [0.29, 0.717) is 35.0 Å². The van der Waals surface area contributed by atoms with Crippen LogP contribution in [0.2, 0.25) is 0 Å². The van der Waals surface area contributed by atoms with Crippen molar-refractivity contribution in [3.05, 3.63) is 89.5 Å². The molecule has 0 fully saturated rings. The first kappa shape index (κ1) is 24.9. The first-order valence-corrected chi connectivity index (χ1v) is 11.5. The van der Waals surface area contributed by atoms with Gasteiger partial charge < -0.3 is 15.4 Å². The van der Waals surface area contributed by atoms with Crippen molar-refractivity contribution in [2.24, 2.45) is 5.92 Å². The molecule has 3 aromatic carbocycles. The van der Waals surface area contributed by atoms with Gasteiger partial charge in [-0.3, -0.25) is 14.9 Å². The van der Waals surface area contributed by atoms with Crippen molar-refractivity contribution < 1.29 is 14.3 Å². The van der Waals surface area contributed by atoms with Gasteiger partial charge >= 0.3 is 0 Å². The molecule has 176 valence electrons. The van der Waals surface area contributed by atoms with Gasteiger partial charge in [0, 0.05) is 22.5 Å². The predicted octanol–water partition coefficient (Wildman–Crippen LogP) is 5.80. The van der Waals surface area contributed by atoms with E-state index in [0.717, 1.165) is 17.7 Å². The second-order valence-corrected chi connectivity index (χ2v) is 8.72. The number of thiocarbonyl (C=S) groups is 1. The molecule has 3 rings (SSSR count). The summed E-state index contributed by atoms with van der Waals surface area (Å²) in [6, 6.07) is 21.4. The normalized spacial score (nSPS) is 10.5. The molecule has 0 saturated heterocycles. The highest BCUT2D eigenvalue weighted by Gasteiger charge is 2.11. The lowest BCUT2D eigenvalue weighted by Gasteiger charge is -2.13. The van der Waals surface area contributed by atoms with Crippen LogP contribution in [0.5, 0.6) is 5.75 Å². The average Bonchev–Trinajstić information content (AvgIpc) is 2.81. The van der Waals surface area contributed by atoms with Crippen LogP contribution in [0.15, 0.2) is 72.8 Å². The second kappa shape index (κ2) is 12.0. The van der Waals surface area contributed by atoms with E-state index in [1.165, 1.54) is 0 Å². The quantitative estimate of drug-likeness (QED) is 0.359. The van der Waals surface area contributed by atoms with Gasteiger partial charge in [0.15, 0.2) is 5.11 Å². The van der Waals surface area contributed by atoms with Crippen LogP contribution < -0.4 is 20.7 Å². The standard InChI is InChI=1S/C27H29N3O3S/c1-18(2)15-16-33-23-12-9-21(10-13-23)26(32)30-27(34)28-22-11-14-24(19(3)17-22)29-25(31)20-7-5-4-6-8-20/h4-14,17-18H,15-16H2,1-3H3,(H,29,31)(H2,28,30,32,34). The third-order valence-corrected chi connectivity index (χ3v) is 5.28. The summed E-state index contributed by atoms with van der Waals surface area (Å²) in [7, 11) is 0. The zero-order valence-corrected chi connectivity index (χ0v) is 20.4. The molecule has 0 aliphatic carbocycles. The lowest BCUT2D eigenvalue weighted by Crippen LogP contribution is -2.34. The van der Waals surface area contributed by atoms with Crippen LogP contribution in [0.25, 0.3) is 0 Å². The van der Waals surface area contributed by atoms with E-state index in [1.807, 2.05) is 31.2 Å². The molecule has 0 aromatic heterocycles. The molecular weight excluding hydrogens is 446 g/mol. The number of nitrogens with one attached hydrogen (secondary N) is 3. The predicted molar refractivity (Wildman–Crippen MR) is 141 cm³/mol. The molecule has 6 nitrogen and oxygen atoms in total. The number of ether oxygens (including phenoxy) is 1. The van der Waals surface area contributed by atoms with Crippen LogP contribution in [0, 0.1) is 12.8 Å². The summed E-state index contributed by atoms with van der Waals surface area (Å²) in [5, 5.41) is 8.78. The smallest absolute Gasteiger partial charge is 0.257 e. The number of carbonyl (C=O) groups excluding carboxylic acids is 2. The average molecular weight is 476 g/mol. The Bertz CT molecular complexity index is 1150. The van der Waals surface area contributed by atoms with Crippen molar-refractivity contribution in [2.75, 3.05) is 17.2 Å². The van der Waals surface area contributed by atoms with E-state index in [2.05, 4.69) is 29.8 Å². The van der Waals surface area contributed by atoms with Crippen LogP contribution in [-0.4, -0.2) is 23.5 Å². The Morgan fingerprint density at radius 1 is 0.882 bits per heavy atom. The maximum atomic E-state index is 12.5. The molecule has 0 unspecified atom stereocenters. The number of anilines is 2. The minimum atomic E-state index is -0.310. The highest BCUT2D eigenvalue weighted by atomic mass is 32.1. The minimum Gasteiger partial charge on any atom is -0.494 e. The van der Waals surface area contributed by atoms with E-state index < -0.39 is 0 Å². The third kappa shape index (κ3) is 7.42. The van der Waals surface area contributed by atoms with Crippen molar-refractivity contribution in [1.29, 1.82) is 0 Å². The van der Waals surface area contributed by atoms with Gasteiger partial charge in [-0.1, -0.05) is 32.0 Å². The Hall–Kier alpha value is -3.71. The van der Waals surface area contributed by atoms with E-state index in [-0.39, 0.29) is 16.9 Å². The summed E-state index contributed by atoms with van der Waals surface area (Å²) in [5.41, 5.74) is 3.33. The van der Waals surface area contributed by atoms with E-state index >= 15 is 0 Å². The van der Waals surface area contributed by atoms with Gasteiger partial charge in [0.25, 0.3) is 11.8 Å². The van der Waals surface area contributed by atoms with Crippen molar-refractivity contribution in [3.63, 3.8) is 0 Å². The van der Waals surface area contributed by atoms with Gasteiger partial charge in [0.05, 0.1) is 6.61 Å². The lowest BCUT2D eigenvalue weighted by molar-refractivity contribution is 0.0976. The minimum absolute atomic E-state index is 0.177. The number of hydrogen-bond acceptors (Lipinski definition) is 4. The molecular formula is C27H29N3O3S. The molecule has 0 aliphatic rings. The number of benzene rings is 3. The SMILES string of the molecule is Cc1cc(NC(=S)NC(=O)c2ccc(OCCC(C)C)cc2)ccc1NC(=O)c1ccccc1. The van der Waals surface area contributed by atoms with Crippen LogP contribution in [0.3, 0.4) is 0 Å².